The normalized spacial score (nSPS) is 10.4. The first-order valence-electron chi connectivity index (χ1n) is 10.1. The summed E-state index contributed by atoms with van der Waals surface area (Å²) >= 11 is 0. The summed E-state index contributed by atoms with van der Waals surface area (Å²) in [5, 5.41) is 2.51. The van der Waals surface area contributed by atoms with Gasteiger partial charge in [-0.1, -0.05) is 18.7 Å². The Morgan fingerprint density at radius 1 is 0.968 bits per heavy atom. The van der Waals surface area contributed by atoms with E-state index in [-0.39, 0.29) is 13.2 Å². The predicted molar refractivity (Wildman–Crippen MR) is 117 cm³/mol. The monoisotopic (exact) mass is 433 g/mol. The number of carbonyl (C=O) groups excluding carboxylic acids is 3. The van der Waals surface area contributed by atoms with E-state index in [0.717, 1.165) is 37.0 Å². The van der Waals surface area contributed by atoms with Gasteiger partial charge >= 0.3 is 18.0 Å². The Morgan fingerprint density at radius 2 is 1.65 bits per heavy atom. The van der Waals surface area contributed by atoms with Crippen molar-refractivity contribution in [3.8, 4) is 5.75 Å². The van der Waals surface area contributed by atoms with Crippen LogP contribution in [0.3, 0.4) is 0 Å². The summed E-state index contributed by atoms with van der Waals surface area (Å²) in [6.45, 7) is 6.23. The number of benzene rings is 1. The number of alkyl carbamates (subject to hydrolysis) is 1. The van der Waals surface area contributed by atoms with Gasteiger partial charge in [0, 0.05) is 11.6 Å². The highest BCUT2D eigenvalue weighted by Gasteiger charge is 2.04. The first-order valence-corrected chi connectivity index (χ1v) is 10.1. The van der Waals surface area contributed by atoms with E-state index in [2.05, 4.69) is 16.6 Å². The second-order valence-electron chi connectivity index (χ2n) is 6.67. The molecule has 0 aliphatic heterocycles. The van der Waals surface area contributed by atoms with Gasteiger partial charge in [0.2, 0.25) is 0 Å². The van der Waals surface area contributed by atoms with E-state index in [1.165, 1.54) is 13.2 Å². The van der Waals surface area contributed by atoms with Crippen LogP contribution in [-0.2, 0) is 23.8 Å². The first-order chi connectivity index (χ1) is 14.9. The smallest absolute Gasteiger partial charge is 0.407 e. The Morgan fingerprint density at radius 3 is 2.29 bits per heavy atom. The van der Waals surface area contributed by atoms with Gasteiger partial charge in [0.05, 0.1) is 26.9 Å². The molecule has 0 aromatic heterocycles. The zero-order valence-corrected chi connectivity index (χ0v) is 18.2. The molecule has 0 heterocycles. The number of amides is 1. The number of carbonyl (C=O) groups is 3. The molecule has 1 amide bonds. The van der Waals surface area contributed by atoms with Gasteiger partial charge in [-0.25, -0.2) is 14.4 Å². The van der Waals surface area contributed by atoms with Crippen molar-refractivity contribution < 1.29 is 33.3 Å². The van der Waals surface area contributed by atoms with Gasteiger partial charge < -0.3 is 24.3 Å². The number of hydrogen-bond acceptors (Lipinski definition) is 7. The van der Waals surface area contributed by atoms with Crippen LogP contribution in [-0.4, -0.2) is 51.5 Å². The van der Waals surface area contributed by atoms with Crippen LogP contribution in [0.4, 0.5) is 4.79 Å². The molecule has 8 nitrogen and oxygen atoms in total. The van der Waals surface area contributed by atoms with Crippen molar-refractivity contribution >= 4 is 24.1 Å². The lowest BCUT2D eigenvalue weighted by atomic mass is 10.2. The first kappa shape index (κ1) is 25.7. The zero-order chi connectivity index (χ0) is 22.9. The summed E-state index contributed by atoms with van der Waals surface area (Å²) in [7, 11) is 1.34. The van der Waals surface area contributed by atoms with E-state index in [4.69, 9.17) is 14.2 Å². The number of nitrogens with one attached hydrogen (secondary N) is 1. The lowest BCUT2D eigenvalue weighted by Crippen LogP contribution is -2.29. The third-order valence-corrected chi connectivity index (χ3v) is 3.99. The molecule has 0 atom stereocenters. The summed E-state index contributed by atoms with van der Waals surface area (Å²) in [6.07, 6.45) is 6.05. The summed E-state index contributed by atoms with van der Waals surface area (Å²) in [5.41, 5.74) is 1.20. The molecule has 0 aliphatic carbocycles. The van der Waals surface area contributed by atoms with E-state index >= 15 is 0 Å². The van der Waals surface area contributed by atoms with E-state index in [0.29, 0.717) is 18.8 Å². The molecule has 0 radical (unpaired) electrons. The molecule has 1 aromatic rings. The SMILES string of the molecule is C=C(C)C(=O)OCCNC(=O)OCCCCCCOc1ccc(C=CC(=O)OC)cc1. The molecule has 0 fully saturated rings. The second-order valence-corrected chi connectivity index (χ2v) is 6.67. The maximum atomic E-state index is 11.5. The van der Waals surface area contributed by atoms with E-state index < -0.39 is 18.0 Å². The van der Waals surface area contributed by atoms with Gasteiger partial charge in [-0.2, -0.15) is 0 Å². The third-order valence-electron chi connectivity index (χ3n) is 3.99. The van der Waals surface area contributed by atoms with Gasteiger partial charge in [-0.15, -0.1) is 0 Å². The van der Waals surface area contributed by atoms with Crippen LogP contribution in [0.15, 0.2) is 42.5 Å². The minimum absolute atomic E-state index is 0.0771. The Balaban J connectivity index is 2.01. The number of hydrogen-bond donors (Lipinski definition) is 1. The number of ether oxygens (including phenoxy) is 4. The average Bonchev–Trinajstić information content (AvgIpc) is 2.77. The third kappa shape index (κ3) is 12.8. The number of methoxy groups -OCH3 is 1. The standard InChI is InChI=1S/C23H31NO7/c1-18(2)22(26)30-17-14-24-23(27)31-16-7-5-4-6-15-29-20-11-8-19(9-12-20)10-13-21(25)28-3/h8-13H,1,4-7,14-17H2,2-3H3,(H,24,27). The Kier molecular flexibility index (Phi) is 12.9. The van der Waals surface area contributed by atoms with Crippen LogP contribution in [0, 0.1) is 0 Å². The molecule has 0 aliphatic rings. The molecule has 31 heavy (non-hydrogen) atoms. The minimum Gasteiger partial charge on any atom is -0.494 e. The number of esters is 2. The lowest BCUT2D eigenvalue weighted by Gasteiger charge is -2.08. The molecule has 1 aromatic carbocycles. The molecule has 0 saturated carbocycles. The summed E-state index contributed by atoms with van der Waals surface area (Å²) < 4.78 is 20.1. The van der Waals surface area contributed by atoms with Gasteiger partial charge in [-0.3, -0.25) is 0 Å². The highest BCUT2D eigenvalue weighted by Crippen LogP contribution is 2.14. The van der Waals surface area contributed by atoms with Crippen LogP contribution >= 0.6 is 0 Å². The molecular formula is C23H31NO7. The lowest BCUT2D eigenvalue weighted by molar-refractivity contribution is -0.138. The van der Waals surface area contributed by atoms with E-state index in [9.17, 15) is 14.4 Å². The van der Waals surface area contributed by atoms with Crippen molar-refractivity contribution in [3.05, 3.63) is 48.1 Å². The van der Waals surface area contributed by atoms with Gasteiger partial charge in [0.15, 0.2) is 0 Å². The predicted octanol–water partition coefficient (Wildman–Crippen LogP) is 3.66. The fourth-order valence-corrected chi connectivity index (χ4v) is 2.29. The van der Waals surface area contributed by atoms with Crippen molar-refractivity contribution in [1.82, 2.24) is 5.32 Å². The van der Waals surface area contributed by atoms with Crippen molar-refractivity contribution in [1.29, 1.82) is 0 Å². The molecule has 0 bridgehead atoms. The van der Waals surface area contributed by atoms with Crippen LogP contribution in [0.25, 0.3) is 6.08 Å². The Hall–Kier alpha value is -3.29. The van der Waals surface area contributed by atoms with Crippen molar-refractivity contribution in [2.24, 2.45) is 0 Å². The van der Waals surface area contributed by atoms with Crippen LogP contribution in [0.1, 0.15) is 38.2 Å². The van der Waals surface area contributed by atoms with Crippen LogP contribution in [0.5, 0.6) is 5.75 Å². The topological polar surface area (TPSA) is 100 Å². The minimum atomic E-state index is -0.528. The average molecular weight is 434 g/mol. The summed E-state index contributed by atoms with van der Waals surface area (Å²) in [5.74, 6) is -0.110. The highest BCUT2D eigenvalue weighted by atomic mass is 16.6. The van der Waals surface area contributed by atoms with Crippen LogP contribution in [0.2, 0.25) is 0 Å². The molecular weight excluding hydrogens is 402 g/mol. The van der Waals surface area contributed by atoms with E-state index in [1.807, 2.05) is 24.3 Å². The summed E-state index contributed by atoms with van der Waals surface area (Å²) in [6, 6.07) is 7.43. The molecule has 0 unspecified atom stereocenters. The molecule has 0 spiro atoms. The quantitative estimate of drug-likeness (QED) is 0.207. The maximum absolute atomic E-state index is 11.5. The second kappa shape index (κ2) is 15.5. The molecule has 1 N–H and O–H groups in total. The van der Waals surface area contributed by atoms with Gasteiger partial charge in [0.1, 0.15) is 12.4 Å². The fourth-order valence-electron chi connectivity index (χ4n) is 2.29. The van der Waals surface area contributed by atoms with Crippen molar-refractivity contribution in [3.63, 3.8) is 0 Å². The molecule has 0 saturated heterocycles. The van der Waals surface area contributed by atoms with Crippen LogP contribution < -0.4 is 10.1 Å². The Labute approximate surface area is 183 Å². The largest absolute Gasteiger partial charge is 0.494 e. The molecule has 1 rings (SSSR count). The number of rotatable bonds is 14. The van der Waals surface area contributed by atoms with Crippen molar-refractivity contribution in [2.75, 3.05) is 33.5 Å². The zero-order valence-electron chi connectivity index (χ0n) is 18.2. The van der Waals surface area contributed by atoms with Gasteiger partial charge in [0.25, 0.3) is 0 Å². The van der Waals surface area contributed by atoms with Crippen molar-refractivity contribution in [2.45, 2.75) is 32.6 Å². The maximum Gasteiger partial charge on any atom is 0.407 e. The van der Waals surface area contributed by atoms with Gasteiger partial charge in [-0.05, 0) is 56.4 Å². The highest BCUT2D eigenvalue weighted by molar-refractivity contribution is 5.87. The van der Waals surface area contributed by atoms with E-state index in [1.54, 1.807) is 13.0 Å². The molecule has 8 heteroatoms. The number of unbranched alkanes of at least 4 members (excludes halogenated alkanes) is 3. The molecule has 170 valence electrons. The Bertz CT molecular complexity index is 741. The summed E-state index contributed by atoms with van der Waals surface area (Å²) in [4.78, 5) is 33.7. The fraction of sp³-hybridized carbons (Fsp3) is 0.435.